The lowest BCUT2D eigenvalue weighted by Crippen LogP contribution is -2.23. The van der Waals surface area contributed by atoms with Crippen LogP contribution in [0.5, 0.6) is 0 Å². The summed E-state index contributed by atoms with van der Waals surface area (Å²) in [5, 5.41) is 0.111. The quantitative estimate of drug-likeness (QED) is 0.855. The fraction of sp³-hybridized carbons (Fsp3) is 0.357. The number of rotatable bonds is 6. The molecular formula is C14H19N3O2S. The van der Waals surface area contributed by atoms with Crippen molar-refractivity contribution in [2.75, 3.05) is 0 Å². The fourth-order valence-electron chi connectivity index (χ4n) is 1.81. The van der Waals surface area contributed by atoms with Crippen LogP contribution < -0.4 is 4.72 Å². The number of hydrogen-bond donors (Lipinski definition) is 2. The lowest BCUT2D eigenvalue weighted by Gasteiger charge is -2.05. The molecule has 0 aliphatic carbocycles. The van der Waals surface area contributed by atoms with Crippen molar-refractivity contribution in [2.45, 2.75) is 38.3 Å². The number of sulfonamides is 1. The van der Waals surface area contributed by atoms with Gasteiger partial charge in [0.05, 0.1) is 6.20 Å². The van der Waals surface area contributed by atoms with E-state index in [0.29, 0.717) is 12.2 Å². The molecule has 6 heteroatoms. The average molecular weight is 293 g/mol. The molecule has 0 aliphatic rings. The van der Waals surface area contributed by atoms with Crippen LogP contribution in [0, 0.1) is 0 Å². The maximum Gasteiger partial charge on any atom is 0.257 e. The number of hydrogen-bond acceptors (Lipinski definition) is 3. The minimum Gasteiger partial charge on any atom is -0.332 e. The molecule has 0 saturated heterocycles. The minimum atomic E-state index is -3.53. The molecule has 5 nitrogen and oxygen atoms in total. The fourth-order valence-corrected chi connectivity index (χ4v) is 2.76. The Hall–Kier alpha value is -1.66. The lowest BCUT2D eigenvalue weighted by atomic mass is 10.1. The van der Waals surface area contributed by atoms with Crippen LogP contribution in [0.1, 0.15) is 30.8 Å². The molecule has 0 unspecified atom stereocenters. The first-order chi connectivity index (χ1) is 9.55. The van der Waals surface area contributed by atoms with E-state index in [0.717, 1.165) is 12.0 Å². The van der Waals surface area contributed by atoms with Gasteiger partial charge in [-0.05, 0) is 17.5 Å². The zero-order chi connectivity index (χ0) is 14.6. The van der Waals surface area contributed by atoms with Crippen LogP contribution in [0.3, 0.4) is 0 Å². The first-order valence-electron chi connectivity index (χ1n) is 6.66. The third kappa shape index (κ3) is 3.46. The second-order valence-corrected chi connectivity index (χ2v) is 6.28. The van der Waals surface area contributed by atoms with Gasteiger partial charge < -0.3 is 4.98 Å². The predicted octanol–water partition coefficient (Wildman–Crippen LogP) is 2.01. The molecule has 0 spiro atoms. The van der Waals surface area contributed by atoms with Crippen molar-refractivity contribution < 1.29 is 8.42 Å². The van der Waals surface area contributed by atoms with Gasteiger partial charge in [0.25, 0.3) is 10.0 Å². The number of imidazole rings is 1. The van der Waals surface area contributed by atoms with Crippen LogP contribution in [0.2, 0.25) is 0 Å². The highest BCUT2D eigenvalue weighted by molar-refractivity contribution is 7.89. The van der Waals surface area contributed by atoms with E-state index in [1.54, 1.807) is 0 Å². The summed E-state index contributed by atoms with van der Waals surface area (Å²) in [4.78, 5) is 6.80. The molecule has 1 heterocycles. The molecule has 0 aliphatic heterocycles. The van der Waals surface area contributed by atoms with Gasteiger partial charge in [-0.3, -0.25) is 0 Å². The summed E-state index contributed by atoms with van der Waals surface area (Å²) in [5.74, 6) is 0.665. The number of nitrogens with zero attached hydrogens (tertiary/aromatic N) is 1. The summed E-state index contributed by atoms with van der Waals surface area (Å²) in [6.45, 7) is 4.27. The highest BCUT2D eigenvalue weighted by Gasteiger charge is 2.16. The summed E-state index contributed by atoms with van der Waals surface area (Å²) in [6, 6.07) is 7.89. The number of aromatic amines is 1. The molecule has 2 aromatic rings. The molecule has 0 bridgehead atoms. The van der Waals surface area contributed by atoms with Gasteiger partial charge in [-0.2, -0.15) is 0 Å². The molecule has 0 atom stereocenters. The number of aryl methyl sites for hydroxylation is 2. The Balaban J connectivity index is 2.04. The summed E-state index contributed by atoms with van der Waals surface area (Å²) in [7, 11) is -3.53. The van der Waals surface area contributed by atoms with Crippen molar-refractivity contribution in [3.63, 3.8) is 0 Å². The Kier molecular flexibility index (Phi) is 4.57. The zero-order valence-corrected chi connectivity index (χ0v) is 12.5. The largest absolute Gasteiger partial charge is 0.332 e. The van der Waals surface area contributed by atoms with Gasteiger partial charge in [0.1, 0.15) is 5.82 Å². The molecule has 20 heavy (non-hydrogen) atoms. The van der Waals surface area contributed by atoms with E-state index < -0.39 is 10.0 Å². The van der Waals surface area contributed by atoms with Gasteiger partial charge >= 0.3 is 0 Å². The monoisotopic (exact) mass is 293 g/mol. The third-order valence-corrected chi connectivity index (χ3v) is 4.44. The van der Waals surface area contributed by atoms with Gasteiger partial charge in [0.2, 0.25) is 0 Å². The molecule has 2 rings (SSSR count). The molecule has 108 valence electrons. The number of H-pyrrole nitrogens is 1. The normalized spacial score (nSPS) is 11.7. The molecule has 0 amide bonds. The standard InChI is InChI=1S/C14H19N3O2S/c1-3-11-5-7-12(8-6-11)9-16-20(18,19)14-10-15-13(4-2)17-14/h5-8,10,16H,3-4,9H2,1-2H3,(H,15,17). The highest BCUT2D eigenvalue weighted by Crippen LogP contribution is 2.09. The molecular weight excluding hydrogens is 274 g/mol. The maximum atomic E-state index is 12.1. The highest BCUT2D eigenvalue weighted by atomic mass is 32.2. The molecule has 0 saturated carbocycles. The first-order valence-corrected chi connectivity index (χ1v) is 8.15. The van der Waals surface area contributed by atoms with Gasteiger partial charge in [0.15, 0.2) is 5.03 Å². The number of benzene rings is 1. The van der Waals surface area contributed by atoms with E-state index in [2.05, 4.69) is 21.6 Å². The van der Waals surface area contributed by atoms with Crippen molar-refractivity contribution in [1.29, 1.82) is 0 Å². The van der Waals surface area contributed by atoms with Gasteiger partial charge in [-0.1, -0.05) is 38.1 Å². The van der Waals surface area contributed by atoms with E-state index in [1.807, 2.05) is 31.2 Å². The van der Waals surface area contributed by atoms with Crippen molar-refractivity contribution in [1.82, 2.24) is 14.7 Å². The summed E-state index contributed by atoms with van der Waals surface area (Å²) in [6.07, 6.45) is 3.00. The van der Waals surface area contributed by atoms with Crippen molar-refractivity contribution >= 4 is 10.0 Å². The van der Waals surface area contributed by atoms with E-state index in [9.17, 15) is 8.42 Å². The Morgan fingerprint density at radius 3 is 2.30 bits per heavy atom. The van der Waals surface area contributed by atoms with Crippen LogP contribution in [-0.4, -0.2) is 18.4 Å². The number of nitrogens with one attached hydrogen (secondary N) is 2. The zero-order valence-electron chi connectivity index (χ0n) is 11.7. The second kappa shape index (κ2) is 6.19. The Bertz CT molecular complexity index is 660. The molecule has 2 N–H and O–H groups in total. The van der Waals surface area contributed by atoms with E-state index >= 15 is 0 Å². The summed E-state index contributed by atoms with van der Waals surface area (Å²) in [5.41, 5.74) is 2.17. The Labute approximate surface area is 119 Å². The van der Waals surface area contributed by atoms with Crippen LogP contribution in [-0.2, 0) is 29.4 Å². The molecule has 1 aromatic heterocycles. The molecule has 1 aromatic carbocycles. The molecule has 0 radical (unpaired) electrons. The van der Waals surface area contributed by atoms with E-state index in [1.165, 1.54) is 11.8 Å². The average Bonchev–Trinajstić information content (AvgIpc) is 2.95. The predicted molar refractivity (Wildman–Crippen MR) is 77.8 cm³/mol. The van der Waals surface area contributed by atoms with Crippen molar-refractivity contribution in [2.24, 2.45) is 0 Å². The van der Waals surface area contributed by atoms with Crippen molar-refractivity contribution in [3.8, 4) is 0 Å². The van der Waals surface area contributed by atoms with Crippen molar-refractivity contribution in [3.05, 3.63) is 47.4 Å². The summed E-state index contributed by atoms with van der Waals surface area (Å²) < 4.78 is 26.7. The van der Waals surface area contributed by atoms with Crippen LogP contribution in [0.15, 0.2) is 35.5 Å². The van der Waals surface area contributed by atoms with Gasteiger partial charge in [-0.15, -0.1) is 0 Å². The number of aromatic nitrogens is 2. The van der Waals surface area contributed by atoms with Gasteiger partial charge in [0, 0.05) is 13.0 Å². The first kappa shape index (κ1) is 14.7. The maximum absolute atomic E-state index is 12.1. The lowest BCUT2D eigenvalue weighted by molar-refractivity contribution is 0.578. The minimum absolute atomic E-state index is 0.111. The van der Waals surface area contributed by atoms with E-state index in [-0.39, 0.29) is 11.6 Å². The topological polar surface area (TPSA) is 74.8 Å². The van der Waals surface area contributed by atoms with Crippen LogP contribution in [0.4, 0.5) is 0 Å². The van der Waals surface area contributed by atoms with Crippen LogP contribution >= 0.6 is 0 Å². The Morgan fingerprint density at radius 1 is 1.10 bits per heavy atom. The van der Waals surface area contributed by atoms with Crippen LogP contribution in [0.25, 0.3) is 0 Å². The molecule has 0 fully saturated rings. The van der Waals surface area contributed by atoms with E-state index in [4.69, 9.17) is 0 Å². The second-order valence-electron chi connectivity index (χ2n) is 4.54. The smallest absolute Gasteiger partial charge is 0.257 e. The summed E-state index contributed by atoms with van der Waals surface area (Å²) >= 11 is 0. The third-order valence-electron chi connectivity index (χ3n) is 3.13. The SMILES string of the molecule is CCc1ccc(CNS(=O)(=O)c2cnc(CC)[nH]2)cc1. The Morgan fingerprint density at radius 2 is 1.75 bits per heavy atom. The van der Waals surface area contributed by atoms with Gasteiger partial charge in [-0.25, -0.2) is 18.1 Å².